The number of amides is 3. The summed E-state index contributed by atoms with van der Waals surface area (Å²) in [6, 6.07) is 16.0. The molecule has 13 heteroatoms. The molecule has 1 aromatic heterocycles. The second-order valence-corrected chi connectivity index (χ2v) is 12.6. The van der Waals surface area contributed by atoms with Crippen LogP contribution in [0.1, 0.15) is 19.3 Å². The van der Waals surface area contributed by atoms with E-state index in [1.165, 1.54) is 23.1 Å². The molecule has 0 saturated carbocycles. The van der Waals surface area contributed by atoms with E-state index < -0.39 is 40.1 Å². The second-order valence-electron chi connectivity index (χ2n) is 9.38. The molecule has 2 aromatic carbocycles. The Morgan fingerprint density at radius 1 is 1.00 bits per heavy atom. The van der Waals surface area contributed by atoms with Gasteiger partial charge in [-0.2, -0.15) is 4.31 Å². The first kappa shape index (κ1) is 28.2. The quantitative estimate of drug-likeness (QED) is 0.403. The van der Waals surface area contributed by atoms with Crippen molar-refractivity contribution in [3.05, 3.63) is 72.5 Å². The molecule has 2 aliphatic rings. The number of carbonyl (C=O) groups excluding carboxylic acids is 2. The average molecular weight is 589 g/mol. The van der Waals surface area contributed by atoms with E-state index >= 15 is 0 Å². The maximum absolute atomic E-state index is 13.8. The van der Waals surface area contributed by atoms with Crippen LogP contribution in [0.4, 0.5) is 14.9 Å². The number of urea groups is 1. The van der Waals surface area contributed by atoms with Gasteiger partial charge in [0.05, 0.1) is 0 Å². The molecule has 0 aliphatic carbocycles. The fraction of sp³-hybridized carbons (Fsp3) is 0.333. The number of benzene rings is 2. The second kappa shape index (κ2) is 12.4. The van der Waals surface area contributed by atoms with Crippen LogP contribution in [0.5, 0.6) is 0 Å². The number of anilines is 1. The van der Waals surface area contributed by atoms with Crippen LogP contribution in [-0.2, 0) is 24.4 Å². The number of piperazine rings is 1. The van der Waals surface area contributed by atoms with E-state index in [-0.39, 0.29) is 23.8 Å². The molecule has 0 bridgehead atoms. The van der Waals surface area contributed by atoms with Crippen molar-refractivity contribution in [1.82, 2.24) is 14.7 Å². The molecular formula is C27H29FN4O6S2. The molecule has 212 valence electrons. The number of ether oxygens (including phenoxy) is 1. The topological polar surface area (TPSA) is 117 Å². The molecule has 2 atom stereocenters. The predicted molar refractivity (Wildman–Crippen MR) is 147 cm³/mol. The van der Waals surface area contributed by atoms with Crippen LogP contribution in [0, 0.1) is 5.82 Å². The van der Waals surface area contributed by atoms with Crippen molar-refractivity contribution in [1.29, 1.82) is 0 Å². The van der Waals surface area contributed by atoms with E-state index in [2.05, 4.69) is 10.8 Å². The smallest absolute Gasteiger partial charge is 0.321 e. The molecule has 0 radical (unpaired) electrons. The largest absolute Gasteiger partial charge is 0.350 e. The number of nitrogens with one attached hydrogen (secondary N) is 2. The summed E-state index contributed by atoms with van der Waals surface area (Å²) in [6.07, 6.45) is 1.75. The Kier molecular flexibility index (Phi) is 8.76. The van der Waals surface area contributed by atoms with Gasteiger partial charge in [-0.25, -0.2) is 27.9 Å². The van der Waals surface area contributed by atoms with E-state index in [0.29, 0.717) is 29.2 Å². The van der Waals surface area contributed by atoms with Gasteiger partial charge in [-0.3, -0.25) is 4.79 Å². The zero-order valence-electron chi connectivity index (χ0n) is 21.5. The zero-order chi connectivity index (χ0) is 28.1. The van der Waals surface area contributed by atoms with E-state index in [0.717, 1.165) is 28.5 Å². The highest BCUT2D eigenvalue weighted by molar-refractivity contribution is 7.91. The monoisotopic (exact) mass is 588 g/mol. The van der Waals surface area contributed by atoms with Crippen molar-refractivity contribution in [3.8, 4) is 10.4 Å². The summed E-state index contributed by atoms with van der Waals surface area (Å²) < 4.78 is 47.6. The number of carbonyl (C=O) groups is 2. The Morgan fingerprint density at radius 3 is 2.50 bits per heavy atom. The number of halogens is 1. The molecule has 3 aromatic rings. The summed E-state index contributed by atoms with van der Waals surface area (Å²) in [7, 11) is -4.13. The number of sulfonamides is 1. The Hall–Kier alpha value is -3.36. The normalized spacial score (nSPS) is 20.2. The van der Waals surface area contributed by atoms with E-state index in [1.54, 1.807) is 42.5 Å². The lowest BCUT2D eigenvalue weighted by Gasteiger charge is -2.39. The Labute approximate surface area is 235 Å². The fourth-order valence-corrected chi connectivity index (χ4v) is 7.53. The number of thiophene rings is 1. The van der Waals surface area contributed by atoms with Gasteiger partial charge in [0.25, 0.3) is 15.9 Å². The maximum atomic E-state index is 13.8. The van der Waals surface area contributed by atoms with Crippen molar-refractivity contribution < 1.29 is 32.0 Å². The Balaban J connectivity index is 1.36. The predicted octanol–water partition coefficient (Wildman–Crippen LogP) is 4.04. The number of rotatable bonds is 7. The first-order chi connectivity index (χ1) is 19.3. The molecule has 10 nitrogen and oxygen atoms in total. The summed E-state index contributed by atoms with van der Waals surface area (Å²) in [5.74, 6) is -1.10. The average Bonchev–Trinajstić information content (AvgIpc) is 3.48. The van der Waals surface area contributed by atoms with Gasteiger partial charge in [0, 0.05) is 43.2 Å². The minimum absolute atomic E-state index is 0.0309. The van der Waals surface area contributed by atoms with Crippen molar-refractivity contribution in [2.45, 2.75) is 35.8 Å². The van der Waals surface area contributed by atoms with E-state index in [4.69, 9.17) is 9.57 Å². The Bertz CT molecular complexity index is 1430. The lowest BCUT2D eigenvalue weighted by atomic mass is 10.2. The minimum atomic E-state index is -4.13. The molecule has 2 fully saturated rings. The summed E-state index contributed by atoms with van der Waals surface area (Å²) >= 11 is 1.02. The van der Waals surface area contributed by atoms with E-state index in [9.17, 15) is 22.4 Å². The SMILES string of the molecule is O=C(NOC1CCCCO1)[C@H]1CN(C(=O)Nc2ccccc2)CCN1S(=O)(=O)c1ccc(-c2ccc(F)cc2)s1. The van der Waals surface area contributed by atoms with Crippen LogP contribution in [0.2, 0.25) is 0 Å². The molecule has 3 amide bonds. The van der Waals surface area contributed by atoms with Gasteiger partial charge in [0.1, 0.15) is 16.1 Å². The lowest BCUT2D eigenvalue weighted by Crippen LogP contribution is -2.62. The van der Waals surface area contributed by atoms with Gasteiger partial charge in [0.15, 0.2) is 6.29 Å². The fourth-order valence-electron chi connectivity index (χ4n) is 4.52. The van der Waals surface area contributed by atoms with Gasteiger partial charge in [-0.1, -0.05) is 30.3 Å². The van der Waals surface area contributed by atoms with Crippen molar-refractivity contribution in [2.24, 2.45) is 0 Å². The van der Waals surface area contributed by atoms with Crippen molar-refractivity contribution in [2.75, 3.05) is 31.6 Å². The molecule has 0 spiro atoms. The van der Waals surface area contributed by atoms with Crippen LogP contribution in [0.3, 0.4) is 0 Å². The van der Waals surface area contributed by atoms with Crippen LogP contribution in [0.25, 0.3) is 10.4 Å². The summed E-state index contributed by atoms with van der Waals surface area (Å²) in [6.45, 7) is 0.290. The molecule has 3 heterocycles. The third-order valence-electron chi connectivity index (χ3n) is 6.65. The van der Waals surface area contributed by atoms with Crippen molar-refractivity contribution >= 4 is 39.0 Å². The zero-order valence-corrected chi connectivity index (χ0v) is 23.1. The van der Waals surface area contributed by atoms with Crippen LogP contribution < -0.4 is 10.8 Å². The molecule has 2 saturated heterocycles. The standard InChI is InChI=1S/C27H29FN4O6S2/c28-20-11-9-19(10-12-20)23-13-14-25(39-23)40(35,36)32-16-15-31(27(34)29-21-6-2-1-3-7-21)18-22(32)26(33)30-38-24-8-4-5-17-37-24/h1-3,6-7,9-14,22,24H,4-5,8,15-18H2,(H,29,34)(H,30,33)/t22-,24?/m1/s1. The summed E-state index contributed by atoms with van der Waals surface area (Å²) in [5.41, 5.74) is 3.61. The molecule has 40 heavy (non-hydrogen) atoms. The number of hydrogen-bond acceptors (Lipinski definition) is 7. The minimum Gasteiger partial charge on any atom is -0.350 e. The molecule has 1 unspecified atom stereocenters. The third-order valence-corrected chi connectivity index (χ3v) is 10.2. The highest BCUT2D eigenvalue weighted by Crippen LogP contribution is 2.34. The third kappa shape index (κ3) is 6.50. The highest BCUT2D eigenvalue weighted by atomic mass is 32.2. The molecule has 2 N–H and O–H groups in total. The summed E-state index contributed by atoms with van der Waals surface area (Å²) in [4.78, 5) is 33.8. The number of hydrogen-bond donors (Lipinski definition) is 2. The van der Waals surface area contributed by atoms with Gasteiger partial charge in [-0.05, 0) is 54.8 Å². The maximum Gasteiger partial charge on any atom is 0.321 e. The number of hydroxylamine groups is 1. The highest BCUT2D eigenvalue weighted by Gasteiger charge is 2.42. The molecule has 2 aliphatic heterocycles. The lowest BCUT2D eigenvalue weighted by molar-refractivity contribution is -0.202. The van der Waals surface area contributed by atoms with Crippen LogP contribution in [0.15, 0.2) is 70.9 Å². The van der Waals surface area contributed by atoms with Gasteiger partial charge < -0.3 is 15.0 Å². The van der Waals surface area contributed by atoms with Crippen molar-refractivity contribution in [3.63, 3.8) is 0 Å². The van der Waals surface area contributed by atoms with Crippen LogP contribution in [-0.4, -0.2) is 68.1 Å². The number of nitrogens with zero attached hydrogens (tertiary/aromatic N) is 2. The molecular weight excluding hydrogens is 559 g/mol. The summed E-state index contributed by atoms with van der Waals surface area (Å²) in [5, 5.41) is 2.78. The first-order valence-electron chi connectivity index (χ1n) is 12.9. The van der Waals surface area contributed by atoms with Crippen LogP contribution >= 0.6 is 11.3 Å². The van der Waals surface area contributed by atoms with E-state index in [1.807, 2.05) is 6.07 Å². The number of para-hydroxylation sites is 1. The van der Waals surface area contributed by atoms with Gasteiger partial charge in [0.2, 0.25) is 0 Å². The Morgan fingerprint density at radius 2 is 1.77 bits per heavy atom. The van der Waals surface area contributed by atoms with Gasteiger partial charge in [-0.15, -0.1) is 11.3 Å². The van der Waals surface area contributed by atoms with Gasteiger partial charge >= 0.3 is 6.03 Å². The first-order valence-corrected chi connectivity index (χ1v) is 15.1. The molecule has 5 rings (SSSR count).